The van der Waals surface area contributed by atoms with Gasteiger partial charge in [-0.2, -0.15) is 0 Å². The van der Waals surface area contributed by atoms with Crippen LogP contribution in [-0.4, -0.2) is 41.6 Å². The lowest BCUT2D eigenvalue weighted by molar-refractivity contribution is -0.149. The summed E-state index contributed by atoms with van der Waals surface area (Å²) in [6.07, 6.45) is 14.7. The number of carbonyl (C=O) groups excluding carboxylic acids is 1. The number of aliphatic hydroxyl groups excluding tert-OH is 2. The zero-order valence-corrected chi connectivity index (χ0v) is 18.0. The highest BCUT2D eigenvalue weighted by molar-refractivity contribution is 5.72. The Labute approximate surface area is 175 Å². The molecule has 29 heavy (non-hydrogen) atoms. The number of rotatable bonds is 10. The summed E-state index contributed by atoms with van der Waals surface area (Å²) in [4.78, 5) is 12.1. The van der Waals surface area contributed by atoms with Gasteiger partial charge in [0.2, 0.25) is 0 Å². The van der Waals surface area contributed by atoms with Crippen molar-refractivity contribution in [2.45, 2.75) is 89.4 Å². The number of hydrogen-bond acceptors (Lipinski definition) is 5. The van der Waals surface area contributed by atoms with Crippen LogP contribution in [0.5, 0.6) is 0 Å². The summed E-state index contributed by atoms with van der Waals surface area (Å²) in [6, 6.07) is 0. The number of methoxy groups -OCH3 is 1. The number of unbranched alkanes of at least 4 members (excludes halogenated alkanes) is 1. The van der Waals surface area contributed by atoms with Crippen molar-refractivity contribution in [3.8, 4) is 0 Å². The molecule has 0 radical (unpaired) electrons. The van der Waals surface area contributed by atoms with Crippen LogP contribution in [0.1, 0.15) is 71.1 Å². The van der Waals surface area contributed by atoms with Gasteiger partial charge >= 0.3 is 5.97 Å². The molecule has 5 heteroatoms. The van der Waals surface area contributed by atoms with E-state index in [0.29, 0.717) is 12.3 Å². The van der Waals surface area contributed by atoms with Crippen molar-refractivity contribution >= 4 is 5.97 Å². The van der Waals surface area contributed by atoms with Gasteiger partial charge in [-0.3, -0.25) is 4.79 Å². The number of hydrogen-bond donors (Lipinski definition) is 2. The first-order valence-electron chi connectivity index (χ1n) is 11.5. The summed E-state index contributed by atoms with van der Waals surface area (Å²) in [5.41, 5.74) is 0. The summed E-state index contributed by atoms with van der Waals surface area (Å²) < 4.78 is 11.1. The average Bonchev–Trinajstić information content (AvgIpc) is 3.18. The lowest BCUT2D eigenvalue weighted by atomic mass is 9.74. The Hall–Kier alpha value is -1.33. The van der Waals surface area contributed by atoms with Crippen molar-refractivity contribution in [2.24, 2.45) is 23.7 Å². The fraction of sp³-hybridized carbons (Fsp3) is 0.792. The van der Waals surface area contributed by atoms with E-state index in [4.69, 9.17) is 9.47 Å². The van der Waals surface area contributed by atoms with Crippen LogP contribution >= 0.6 is 0 Å². The van der Waals surface area contributed by atoms with Crippen molar-refractivity contribution < 1.29 is 24.5 Å². The molecule has 3 rings (SSSR count). The van der Waals surface area contributed by atoms with Crippen LogP contribution in [0, 0.1) is 23.7 Å². The number of allylic oxidation sites excluding steroid dienone is 2. The van der Waals surface area contributed by atoms with Gasteiger partial charge in [0, 0.05) is 24.7 Å². The number of aliphatic hydroxyl groups is 2. The highest BCUT2D eigenvalue weighted by atomic mass is 16.5. The van der Waals surface area contributed by atoms with Crippen LogP contribution in [0.2, 0.25) is 0 Å². The van der Waals surface area contributed by atoms with Gasteiger partial charge in [0.25, 0.3) is 0 Å². The second-order valence-corrected chi connectivity index (χ2v) is 9.07. The minimum Gasteiger partial charge on any atom is -0.495 e. The summed E-state index contributed by atoms with van der Waals surface area (Å²) in [5, 5.41) is 20.5. The third-order valence-electron chi connectivity index (χ3n) is 7.11. The van der Waals surface area contributed by atoms with Gasteiger partial charge in [0.05, 0.1) is 31.0 Å². The molecule has 1 unspecified atom stereocenters. The molecule has 1 heterocycles. The Morgan fingerprint density at radius 2 is 2.14 bits per heavy atom. The fourth-order valence-corrected chi connectivity index (χ4v) is 5.11. The van der Waals surface area contributed by atoms with Gasteiger partial charge in [-0.1, -0.05) is 38.3 Å². The molecule has 1 aliphatic heterocycles. The topological polar surface area (TPSA) is 76.0 Å². The molecule has 0 amide bonds. The van der Waals surface area contributed by atoms with Crippen LogP contribution in [0.25, 0.3) is 0 Å². The lowest BCUT2D eigenvalue weighted by Gasteiger charge is -2.31. The van der Waals surface area contributed by atoms with E-state index in [0.717, 1.165) is 57.1 Å². The molecule has 0 bridgehead atoms. The van der Waals surface area contributed by atoms with Crippen molar-refractivity contribution in [1.29, 1.82) is 0 Å². The Bertz CT molecular complexity index is 594. The highest BCUT2D eigenvalue weighted by Crippen LogP contribution is 2.46. The summed E-state index contributed by atoms with van der Waals surface area (Å²) in [6.45, 7) is 2.12. The number of carbonyl (C=O) groups is 1. The van der Waals surface area contributed by atoms with Crippen LogP contribution < -0.4 is 0 Å². The zero-order valence-electron chi connectivity index (χ0n) is 18.0. The van der Waals surface area contributed by atoms with Crippen LogP contribution in [0.3, 0.4) is 0 Å². The lowest BCUT2D eigenvalue weighted by Crippen LogP contribution is -2.29. The predicted molar refractivity (Wildman–Crippen MR) is 112 cm³/mol. The van der Waals surface area contributed by atoms with E-state index >= 15 is 0 Å². The van der Waals surface area contributed by atoms with E-state index in [1.54, 1.807) is 0 Å². The monoisotopic (exact) mass is 406 g/mol. The first-order chi connectivity index (χ1) is 14.0. The minimum atomic E-state index is -0.430. The molecule has 5 nitrogen and oxygen atoms in total. The van der Waals surface area contributed by atoms with Crippen molar-refractivity contribution in [3.05, 3.63) is 24.0 Å². The van der Waals surface area contributed by atoms with E-state index in [1.165, 1.54) is 13.5 Å². The van der Waals surface area contributed by atoms with Crippen molar-refractivity contribution in [1.82, 2.24) is 0 Å². The molecular weight excluding hydrogens is 368 g/mol. The van der Waals surface area contributed by atoms with Gasteiger partial charge in [-0.15, -0.1) is 0 Å². The minimum absolute atomic E-state index is 0.00798. The largest absolute Gasteiger partial charge is 0.495 e. The molecule has 2 N–H and O–H groups in total. The Kier molecular flexibility index (Phi) is 8.19. The maximum absolute atomic E-state index is 12.1. The second kappa shape index (κ2) is 10.6. The first kappa shape index (κ1) is 22.4. The number of fused-ring (bicyclic) bond motifs is 1. The Balaban J connectivity index is 1.51. The smallest absolute Gasteiger partial charge is 0.308 e. The quantitative estimate of drug-likeness (QED) is 0.421. The van der Waals surface area contributed by atoms with E-state index in [-0.39, 0.29) is 29.8 Å². The molecule has 6 atom stereocenters. The van der Waals surface area contributed by atoms with Gasteiger partial charge in [-0.25, -0.2) is 0 Å². The third kappa shape index (κ3) is 5.64. The van der Waals surface area contributed by atoms with Crippen LogP contribution in [0.4, 0.5) is 0 Å². The van der Waals surface area contributed by atoms with Gasteiger partial charge in [0.15, 0.2) is 0 Å². The molecule has 0 spiro atoms. The van der Waals surface area contributed by atoms with Crippen molar-refractivity contribution in [2.75, 3.05) is 7.11 Å². The third-order valence-corrected chi connectivity index (χ3v) is 7.11. The van der Waals surface area contributed by atoms with E-state index in [2.05, 4.69) is 13.0 Å². The van der Waals surface area contributed by atoms with Gasteiger partial charge in [0.1, 0.15) is 6.10 Å². The van der Waals surface area contributed by atoms with E-state index in [9.17, 15) is 15.0 Å². The molecule has 2 aliphatic carbocycles. The standard InChI is InChI=1S/C24H38O5/c1-3-4-9-17(25)12-13-20-21-14-18(29-23(21)15-22(20)26)10-6-11-19(24(27)28-2)16-7-5-8-16/h10,12-13,16-17,19-23,25-26H,3-9,11,14-15H2,1-2H3/b13-12+,18-10-/t17-,19?,20-,21-,22-,23-/m1/s1. The van der Waals surface area contributed by atoms with E-state index in [1.807, 2.05) is 12.2 Å². The van der Waals surface area contributed by atoms with E-state index < -0.39 is 12.2 Å². The molecule has 3 fully saturated rings. The zero-order chi connectivity index (χ0) is 20.8. The molecule has 0 aromatic rings. The summed E-state index contributed by atoms with van der Waals surface area (Å²) in [7, 11) is 1.48. The maximum Gasteiger partial charge on any atom is 0.308 e. The van der Waals surface area contributed by atoms with Gasteiger partial charge in [-0.05, 0) is 44.1 Å². The van der Waals surface area contributed by atoms with Crippen molar-refractivity contribution in [3.63, 3.8) is 0 Å². The van der Waals surface area contributed by atoms with Gasteiger partial charge < -0.3 is 19.7 Å². The summed E-state index contributed by atoms with van der Waals surface area (Å²) in [5.74, 6) is 1.72. The molecular formula is C24H38O5. The predicted octanol–water partition coefficient (Wildman–Crippen LogP) is 4.13. The molecule has 1 saturated heterocycles. The van der Waals surface area contributed by atoms with Crippen LogP contribution in [-0.2, 0) is 14.3 Å². The fourth-order valence-electron chi connectivity index (χ4n) is 5.11. The SMILES string of the molecule is CCCC[C@@H](O)/C=C/[C@@H]1[C@H]2C/C(=C/CCC(C(=O)OC)C3CCC3)O[C@@H]2C[C@H]1O. The number of ether oxygens (including phenoxy) is 2. The molecule has 0 aromatic carbocycles. The summed E-state index contributed by atoms with van der Waals surface area (Å²) >= 11 is 0. The normalized spacial score (nSPS) is 32.8. The highest BCUT2D eigenvalue weighted by Gasteiger charge is 2.47. The molecule has 3 aliphatic rings. The second-order valence-electron chi connectivity index (χ2n) is 9.07. The van der Waals surface area contributed by atoms with Crippen LogP contribution in [0.15, 0.2) is 24.0 Å². The average molecular weight is 407 g/mol. The Morgan fingerprint density at radius 3 is 2.79 bits per heavy atom. The molecule has 164 valence electrons. The maximum atomic E-state index is 12.1. The molecule has 2 saturated carbocycles. The first-order valence-corrected chi connectivity index (χ1v) is 11.5. The molecule has 0 aromatic heterocycles. The number of esters is 1. The Morgan fingerprint density at radius 1 is 1.34 bits per heavy atom.